The van der Waals surface area contributed by atoms with Gasteiger partial charge < -0.3 is 9.60 Å². The van der Waals surface area contributed by atoms with E-state index in [1.165, 1.54) is 35.0 Å². The van der Waals surface area contributed by atoms with Crippen molar-refractivity contribution in [3.05, 3.63) is 81.4 Å². The largest absolute Gasteiger partial charge is 1.00 e. The minimum Gasteiger partial charge on any atom is -1.00 e. The van der Waals surface area contributed by atoms with Crippen LogP contribution in [-0.4, -0.2) is 30.2 Å². The lowest BCUT2D eigenvalue weighted by Crippen LogP contribution is -3.00. The van der Waals surface area contributed by atoms with E-state index in [-0.39, 0.29) is 9.60 Å². The fourth-order valence-electron chi connectivity index (χ4n) is 5.98. The quantitative estimate of drug-likeness (QED) is 0.104. The molecule has 1 aliphatic heterocycles. The predicted molar refractivity (Wildman–Crippen MR) is 182 cm³/mol. The van der Waals surface area contributed by atoms with Crippen LogP contribution in [0.5, 0.6) is 0 Å². The second-order valence-corrected chi connectivity index (χ2v) is 15.6. The summed E-state index contributed by atoms with van der Waals surface area (Å²) >= 11 is 3.40. The first-order chi connectivity index (χ1) is 23.6. The first kappa shape index (κ1) is 41.0. The molecule has 3 aromatic rings. The third-order valence-corrected chi connectivity index (χ3v) is 12.1. The van der Waals surface area contributed by atoms with Gasteiger partial charge in [-0.05, 0) is 98.6 Å². The molecule has 0 N–H and O–H groups in total. The lowest BCUT2D eigenvalue weighted by atomic mass is 9.77. The number of hydrogen-bond donors (Lipinski definition) is 0. The zero-order valence-corrected chi connectivity index (χ0v) is 30.1. The lowest BCUT2D eigenvalue weighted by Gasteiger charge is -2.28. The van der Waals surface area contributed by atoms with E-state index < -0.39 is 30.2 Å². The van der Waals surface area contributed by atoms with Crippen molar-refractivity contribution < 1.29 is 57.0 Å². The van der Waals surface area contributed by atoms with E-state index in [1.807, 2.05) is 24.8 Å². The Bertz CT molecular complexity index is 1890. The third-order valence-electron chi connectivity index (χ3n) is 8.05. The van der Waals surface area contributed by atoms with Gasteiger partial charge in [-0.3, -0.25) is 12.9 Å². The molecule has 19 heteroatoms. The molecule has 2 aromatic carbocycles. The fourth-order valence-corrected chi connectivity index (χ4v) is 9.50. The number of hydrogen-bond acceptors (Lipinski definition) is 6. The summed E-state index contributed by atoms with van der Waals surface area (Å²) in [5.74, 6) is 0.448. The van der Waals surface area contributed by atoms with Crippen LogP contribution >= 0.6 is 35.1 Å². The van der Waals surface area contributed by atoms with Gasteiger partial charge in [-0.15, -0.1) is 13.2 Å². The van der Waals surface area contributed by atoms with Gasteiger partial charge >= 0.3 is 19.4 Å². The summed E-state index contributed by atoms with van der Waals surface area (Å²) in [6, 6.07) is 9.46. The van der Waals surface area contributed by atoms with Gasteiger partial charge in [0.15, 0.2) is 10.8 Å². The normalized spacial score (nSPS) is 19.5. The average Bonchev–Trinajstić information content (AvgIpc) is 3.57. The Labute approximate surface area is 302 Å². The molecule has 0 spiro atoms. The molecule has 4 nitrogen and oxygen atoms in total. The summed E-state index contributed by atoms with van der Waals surface area (Å²) in [7, 11) is -6.75. The molecular weight excluding hydrogens is 773 g/mol. The number of fused-ring (bicyclic) bond motifs is 3. The third kappa shape index (κ3) is 10.2. The molecule has 0 radical (unpaired) electrons. The molecule has 0 amide bonds. The van der Waals surface area contributed by atoms with Crippen LogP contribution in [0.2, 0.25) is 0 Å². The Kier molecular flexibility index (Phi) is 13.6. The number of alkyl halides is 6. The molecule has 2 atom stereocenters. The maximum absolute atomic E-state index is 13.1. The minimum atomic E-state index is -4.81. The van der Waals surface area contributed by atoms with E-state index in [4.69, 9.17) is 0 Å². The highest BCUT2D eigenvalue weighted by atomic mass is 32.2. The second-order valence-electron chi connectivity index (χ2n) is 11.2. The van der Waals surface area contributed by atoms with E-state index in [0.717, 1.165) is 56.4 Å². The molecule has 51 heavy (non-hydrogen) atoms. The average molecular weight is 803 g/mol. The van der Waals surface area contributed by atoms with Crippen molar-refractivity contribution in [1.29, 1.82) is 0 Å². The zero-order valence-electron chi connectivity index (χ0n) is 26.8. The maximum atomic E-state index is 13.1. The van der Waals surface area contributed by atoms with Crippen LogP contribution in [0.3, 0.4) is 0 Å². The molecule has 0 saturated heterocycles. The Balaban J connectivity index is 0.00000111. The van der Waals surface area contributed by atoms with Gasteiger partial charge in [0, 0.05) is 40.5 Å². The lowest BCUT2D eigenvalue weighted by molar-refractivity contribution is -0.665. The predicted octanol–water partition coefficient (Wildman–Crippen LogP) is 8.18. The molecule has 276 valence electrons. The number of thiazole rings is 1. The van der Waals surface area contributed by atoms with E-state index in [2.05, 4.69) is 33.1 Å². The van der Waals surface area contributed by atoms with Crippen molar-refractivity contribution in [2.45, 2.75) is 72.6 Å². The summed E-state index contributed by atoms with van der Waals surface area (Å²) < 4.78 is 125. The number of allylic oxidation sites excluding steroid dienone is 6. The molecule has 0 saturated carbocycles. The number of benzene rings is 2. The Morgan fingerprint density at radius 1 is 1.02 bits per heavy atom. The van der Waals surface area contributed by atoms with E-state index in [9.17, 15) is 43.5 Å². The second kappa shape index (κ2) is 16.9. The van der Waals surface area contributed by atoms with Gasteiger partial charge in [-0.25, -0.2) is 8.39 Å². The molecule has 3 aliphatic rings. The van der Waals surface area contributed by atoms with Gasteiger partial charge in [0.25, 0.3) is 5.01 Å². The molecule has 2 heterocycles. The first-order valence-corrected chi connectivity index (χ1v) is 18.8. The van der Waals surface area contributed by atoms with Crippen LogP contribution in [0.25, 0.3) is 16.3 Å². The van der Waals surface area contributed by atoms with Crippen molar-refractivity contribution in [1.82, 2.24) is 0 Å². The van der Waals surface area contributed by atoms with Crippen LogP contribution in [0, 0.1) is 5.92 Å². The Hall–Kier alpha value is -2.74. The molecule has 1 aromatic heterocycles. The minimum absolute atomic E-state index is 0. The molecular formula is C32H29BF10N2O2S4. The maximum Gasteiger partial charge on any atom is 0.762 e. The Morgan fingerprint density at radius 3 is 2.37 bits per heavy atom. The smallest absolute Gasteiger partial charge is 0.762 e. The van der Waals surface area contributed by atoms with E-state index in [1.54, 1.807) is 29.5 Å². The number of thioether (sulfide) groups is 1. The monoisotopic (exact) mass is 802 g/mol. The number of aromatic nitrogens is 1. The van der Waals surface area contributed by atoms with E-state index >= 15 is 0 Å². The fraction of sp³-hybridized carbons (Fsp3) is 0.344. The summed E-state index contributed by atoms with van der Waals surface area (Å²) in [6.45, 7) is 5.16. The highest BCUT2D eigenvalue weighted by molar-refractivity contribution is 8.03. The molecule has 0 bridgehead atoms. The summed E-state index contributed by atoms with van der Waals surface area (Å²) in [5.41, 5.74) is 0.253. The van der Waals surface area contributed by atoms with Crippen LogP contribution in [-0.2, 0) is 21.5 Å². The Morgan fingerprint density at radius 2 is 1.73 bits per heavy atom. The number of aryl methyl sites for hydroxylation is 1. The molecule has 0 fully saturated rings. The summed E-state index contributed by atoms with van der Waals surface area (Å²) in [5, 5.41) is 1.95. The van der Waals surface area contributed by atoms with Gasteiger partial charge in [0.2, 0.25) is 5.52 Å². The van der Waals surface area contributed by atoms with Crippen molar-refractivity contribution in [3.63, 3.8) is 0 Å². The number of nitrogens with zero attached hydrogens (tertiary/aromatic N) is 2. The zero-order chi connectivity index (χ0) is 36.4. The van der Waals surface area contributed by atoms with Crippen LogP contribution < -0.4 is 14.2 Å². The van der Waals surface area contributed by atoms with Gasteiger partial charge in [-0.1, -0.05) is 35.3 Å². The van der Waals surface area contributed by atoms with Crippen LogP contribution in [0.15, 0.2) is 91.1 Å². The topological polar surface area (TPSA) is 33.4 Å². The van der Waals surface area contributed by atoms with Crippen molar-refractivity contribution >= 4 is 75.5 Å². The number of anilines is 1. The van der Waals surface area contributed by atoms with Gasteiger partial charge in [0.1, 0.15) is 11.2 Å². The van der Waals surface area contributed by atoms with Crippen molar-refractivity contribution in [2.24, 2.45) is 5.92 Å². The van der Waals surface area contributed by atoms with Gasteiger partial charge in [0.05, 0.1) is 15.6 Å². The van der Waals surface area contributed by atoms with Crippen molar-refractivity contribution in [3.8, 4) is 0 Å². The van der Waals surface area contributed by atoms with Crippen LogP contribution in [0.1, 0.15) is 44.5 Å². The SMILES string of the molecule is CCN1/C(=C/C2=CC3=C/C(=C/c4sc5ccc(SOC(F)(F)F)cc5[n+]4CC)CCC3CC2)Sc2ccc(S(=O)C(F)(F)F)cc21.FB(F)F.[F-]. The number of rotatable bonds is 7. The molecule has 2 aliphatic carbocycles. The standard InChI is InChI=1S/C32H29F6N2O2S4.BF3.FH/c1-3-39-25-17-23(45-42-31(33,34)35)9-11-27(25)43-29(39)15-19-5-7-21-8-6-20(14-22(21)13-19)16-30-40(4-2)26-18-24(10-12-28(26)44-30)46(41)32(36,37)38;2-1(3)4;/h9-18,21H,3-8H2,1-2H3;;1H/q+1;;/p-1. The molecule has 2 unspecified atom stereocenters. The number of halogens is 10. The first-order valence-electron chi connectivity index (χ1n) is 15.3. The molecule has 6 rings (SSSR count). The summed E-state index contributed by atoms with van der Waals surface area (Å²) in [4.78, 5) is 2.92. The van der Waals surface area contributed by atoms with Crippen LogP contribution in [0.4, 0.5) is 45.0 Å². The van der Waals surface area contributed by atoms with E-state index in [0.29, 0.717) is 41.6 Å². The highest BCUT2D eigenvalue weighted by Crippen LogP contribution is 2.48. The van der Waals surface area contributed by atoms with Gasteiger partial charge in [-0.2, -0.15) is 17.7 Å². The summed E-state index contributed by atoms with van der Waals surface area (Å²) in [6.07, 6.45) is 7.86. The van der Waals surface area contributed by atoms with Crippen molar-refractivity contribution in [2.75, 3.05) is 11.4 Å². The highest BCUT2D eigenvalue weighted by Gasteiger charge is 2.39.